The number of rotatable bonds is 3. The number of hydrogen-bond donors (Lipinski definition) is 2. The summed E-state index contributed by atoms with van der Waals surface area (Å²) in [7, 11) is 0. The number of nitrogens with two attached hydrogens (primary N) is 1. The normalized spacial score (nSPS) is 29.4. The van der Waals surface area contributed by atoms with Gasteiger partial charge in [0.2, 0.25) is 0 Å². The standard InChI is InChI=1S/C16H23NO/c17-11-16(15(18)13-6-3-7-13)10-4-8-12-5-1-2-9-14(12)16/h1-2,5,9,13,15,18H,3-4,6-8,10-11,17H2. The van der Waals surface area contributed by atoms with Crippen LogP contribution in [0.15, 0.2) is 24.3 Å². The lowest BCUT2D eigenvalue weighted by atomic mass is 9.61. The second-order valence-corrected chi connectivity index (χ2v) is 6.01. The summed E-state index contributed by atoms with van der Waals surface area (Å²) in [5, 5.41) is 10.8. The van der Waals surface area contributed by atoms with E-state index in [9.17, 15) is 5.11 Å². The molecule has 2 aliphatic rings. The van der Waals surface area contributed by atoms with Crippen LogP contribution in [0.4, 0.5) is 0 Å². The third-order valence-electron chi connectivity index (χ3n) is 5.15. The third kappa shape index (κ3) is 1.70. The number of aliphatic hydroxyl groups is 1. The zero-order chi connectivity index (χ0) is 12.6. The van der Waals surface area contributed by atoms with Crippen LogP contribution in [-0.4, -0.2) is 17.8 Å². The second-order valence-electron chi connectivity index (χ2n) is 6.01. The van der Waals surface area contributed by atoms with Crippen LogP contribution in [-0.2, 0) is 11.8 Å². The average Bonchev–Trinajstić information content (AvgIpc) is 2.36. The monoisotopic (exact) mass is 245 g/mol. The van der Waals surface area contributed by atoms with Gasteiger partial charge in [-0.2, -0.15) is 0 Å². The fourth-order valence-corrected chi connectivity index (χ4v) is 3.80. The van der Waals surface area contributed by atoms with Gasteiger partial charge in [-0.1, -0.05) is 30.7 Å². The molecule has 2 atom stereocenters. The largest absolute Gasteiger partial charge is 0.392 e. The number of benzene rings is 1. The van der Waals surface area contributed by atoms with E-state index in [1.165, 1.54) is 30.4 Å². The van der Waals surface area contributed by atoms with Crippen LogP contribution in [0, 0.1) is 5.92 Å². The first-order chi connectivity index (χ1) is 8.78. The number of aliphatic hydroxyl groups excluding tert-OH is 1. The summed E-state index contributed by atoms with van der Waals surface area (Å²) in [5.41, 5.74) is 8.64. The maximum atomic E-state index is 10.8. The Hall–Kier alpha value is -0.860. The van der Waals surface area contributed by atoms with Crippen LogP contribution in [0.1, 0.15) is 43.2 Å². The molecule has 2 nitrogen and oxygen atoms in total. The predicted octanol–water partition coefficient (Wildman–Crippen LogP) is 2.38. The minimum absolute atomic E-state index is 0.181. The second kappa shape index (κ2) is 4.67. The van der Waals surface area contributed by atoms with Crippen molar-refractivity contribution in [3.63, 3.8) is 0 Å². The van der Waals surface area contributed by atoms with Crippen LogP contribution in [0.2, 0.25) is 0 Å². The topological polar surface area (TPSA) is 46.2 Å². The Labute approximate surface area is 109 Å². The summed E-state index contributed by atoms with van der Waals surface area (Å²) in [5.74, 6) is 0.472. The van der Waals surface area contributed by atoms with Crippen molar-refractivity contribution in [3.8, 4) is 0 Å². The molecule has 1 saturated carbocycles. The Balaban J connectivity index is 2.00. The van der Waals surface area contributed by atoms with E-state index in [1.54, 1.807) is 0 Å². The van der Waals surface area contributed by atoms with Crippen molar-refractivity contribution >= 4 is 0 Å². The molecule has 3 rings (SSSR count). The van der Waals surface area contributed by atoms with Gasteiger partial charge in [-0.15, -0.1) is 0 Å². The molecule has 0 spiro atoms. The summed E-state index contributed by atoms with van der Waals surface area (Å²) in [6.07, 6.45) is 6.68. The number of fused-ring (bicyclic) bond motifs is 1. The first kappa shape index (κ1) is 12.2. The highest BCUT2D eigenvalue weighted by Crippen LogP contribution is 2.45. The third-order valence-corrected chi connectivity index (χ3v) is 5.15. The minimum Gasteiger partial charge on any atom is -0.392 e. The van der Waals surface area contributed by atoms with E-state index in [0.29, 0.717) is 12.5 Å². The van der Waals surface area contributed by atoms with E-state index in [2.05, 4.69) is 24.3 Å². The first-order valence-corrected chi connectivity index (χ1v) is 7.24. The highest BCUT2D eigenvalue weighted by atomic mass is 16.3. The highest BCUT2D eigenvalue weighted by Gasteiger charge is 2.45. The molecule has 18 heavy (non-hydrogen) atoms. The molecule has 0 saturated heterocycles. The van der Waals surface area contributed by atoms with Gasteiger partial charge in [-0.3, -0.25) is 0 Å². The zero-order valence-corrected chi connectivity index (χ0v) is 10.9. The van der Waals surface area contributed by atoms with E-state index in [1.807, 2.05) is 0 Å². The van der Waals surface area contributed by atoms with Gasteiger partial charge in [-0.25, -0.2) is 0 Å². The van der Waals surface area contributed by atoms with Crippen molar-refractivity contribution in [1.29, 1.82) is 0 Å². The molecule has 1 aromatic carbocycles. The molecule has 0 heterocycles. The Bertz CT molecular complexity index is 427. The Morgan fingerprint density at radius 2 is 2.06 bits per heavy atom. The molecule has 1 aromatic rings. The van der Waals surface area contributed by atoms with Crippen LogP contribution in [0.25, 0.3) is 0 Å². The molecule has 0 aliphatic heterocycles. The molecule has 0 aromatic heterocycles. The predicted molar refractivity (Wildman–Crippen MR) is 73.5 cm³/mol. The first-order valence-electron chi connectivity index (χ1n) is 7.24. The van der Waals surface area contributed by atoms with Crippen molar-refractivity contribution in [1.82, 2.24) is 0 Å². The molecule has 0 radical (unpaired) electrons. The van der Waals surface area contributed by atoms with E-state index >= 15 is 0 Å². The van der Waals surface area contributed by atoms with Crippen LogP contribution in [0.3, 0.4) is 0 Å². The molecule has 98 valence electrons. The van der Waals surface area contributed by atoms with Crippen LogP contribution < -0.4 is 5.73 Å². The van der Waals surface area contributed by atoms with Crippen molar-refractivity contribution in [2.75, 3.05) is 6.54 Å². The molecular weight excluding hydrogens is 222 g/mol. The van der Waals surface area contributed by atoms with Gasteiger partial charge in [0.1, 0.15) is 0 Å². The molecule has 2 heteroatoms. The Morgan fingerprint density at radius 3 is 2.72 bits per heavy atom. The lowest BCUT2D eigenvalue weighted by molar-refractivity contribution is -0.00868. The van der Waals surface area contributed by atoms with E-state index in [0.717, 1.165) is 19.3 Å². The van der Waals surface area contributed by atoms with Crippen molar-refractivity contribution in [2.24, 2.45) is 11.7 Å². The molecule has 0 amide bonds. The SMILES string of the molecule is NCC1(C(O)C2CCC2)CCCc2ccccc21. The summed E-state index contributed by atoms with van der Waals surface area (Å²) >= 11 is 0. The summed E-state index contributed by atoms with van der Waals surface area (Å²) in [6, 6.07) is 8.57. The lowest BCUT2D eigenvalue weighted by Gasteiger charge is -2.47. The van der Waals surface area contributed by atoms with Gasteiger partial charge in [0.15, 0.2) is 0 Å². The molecule has 3 N–H and O–H groups in total. The van der Waals surface area contributed by atoms with Crippen LogP contribution in [0.5, 0.6) is 0 Å². The van der Waals surface area contributed by atoms with Gasteiger partial charge >= 0.3 is 0 Å². The molecular formula is C16H23NO. The fourth-order valence-electron chi connectivity index (χ4n) is 3.80. The van der Waals surface area contributed by atoms with E-state index < -0.39 is 0 Å². The zero-order valence-electron chi connectivity index (χ0n) is 10.9. The van der Waals surface area contributed by atoms with Gasteiger partial charge in [0, 0.05) is 12.0 Å². The highest BCUT2D eigenvalue weighted by molar-refractivity contribution is 5.38. The van der Waals surface area contributed by atoms with Gasteiger partial charge in [0.25, 0.3) is 0 Å². The Morgan fingerprint density at radius 1 is 1.28 bits per heavy atom. The average molecular weight is 245 g/mol. The maximum Gasteiger partial charge on any atom is 0.0677 e. The number of aryl methyl sites for hydroxylation is 1. The summed E-state index contributed by atoms with van der Waals surface area (Å²) in [4.78, 5) is 0. The fraction of sp³-hybridized carbons (Fsp3) is 0.625. The molecule has 0 bridgehead atoms. The van der Waals surface area contributed by atoms with Crippen molar-refractivity contribution in [2.45, 2.75) is 50.0 Å². The summed E-state index contributed by atoms with van der Waals surface area (Å²) < 4.78 is 0. The molecule has 2 unspecified atom stereocenters. The van der Waals surface area contributed by atoms with E-state index in [-0.39, 0.29) is 11.5 Å². The minimum atomic E-state index is -0.252. The van der Waals surface area contributed by atoms with Gasteiger partial charge in [-0.05, 0) is 49.1 Å². The number of hydrogen-bond acceptors (Lipinski definition) is 2. The molecule has 1 fully saturated rings. The lowest BCUT2D eigenvalue weighted by Crippen LogP contribution is -2.52. The quantitative estimate of drug-likeness (QED) is 0.859. The van der Waals surface area contributed by atoms with Crippen LogP contribution >= 0.6 is 0 Å². The summed E-state index contributed by atoms with van der Waals surface area (Å²) in [6.45, 7) is 0.571. The smallest absolute Gasteiger partial charge is 0.0677 e. The maximum absolute atomic E-state index is 10.8. The Kier molecular flexibility index (Phi) is 3.16. The van der Waals surface area contributed by atoms with Crippen molar-refractivity contribution in [3.05, 3.63) is 35.4 Å². The molecule has 2 aliphatic carbocycles. The van der Waals surface area contributed by atoms with Gasteiger partial charge in [0.05, 0.1) is 6.10 Å². The van der Waals surface area contributed by atoms with Crippen molar-refractivity contribution < 1.29 is 5.11 Å². The van der Waals surface area contributed by atoms with E-state index in [4.69, 9.17) is 5.73 Å². The van der Waals surface area contributed by atoms with Gasteiger partial charge < -0.3 is 10.8 Å².